The summed E-state index contributed by atoms with van der Waals surface area (Å²) in [5.41, 5.74) is 0. The number of carbonyl (C=O) groups is 1. The molecule has 5 nitrogen and oxygen atoms in total. The van der Waals surface area contributed by atoms with Gasteiger partial charge in [0.15, 0.2) is 0 Å². The van der Waals surface area contributed by atoms with E-state index in [-0.39, 0.29) is 0 Å². The molecule has 1 aromatic heterocycles. The first-order chi connectivity index (χ1) is 4.29. The number of aromatic amines is 1. The van der Waals surface area contributed by atoms with Crippen LogP contribution in [0.1, 0.15) is 0 Å². The lowest BCUT2D eigenvalue weighted by atomic mass is 11.0. The zero-order chi connectivity index (χ0) is 6.69. The molecule has 1 aromatic rings. The number of H-pyrrole nitrogens is 1. The SMILES string of the molecule is O=C(O)Sc1c[nH]nn1. The minimum atomic E-state index is -0.982. The molecule has 0 aliphatic heterocycles. The van der Waals surface area contributed by atoms with Crippen LogP contribution in [0, 0.1) is 0 Å². The van der Waals surface area contributed by atoms with E-state index in [0.29, 0.717) is 16.8 Å². The van der Waals surface area contributed by atoms with Crippen molar-refractivity contribution in [2.24, 2.45) is 0 Å². The van der Waals surface area contributed by atoms with Gasteiger partial charge < -0.3 is 5.11 Å². The van der Waals surface area contributed by atoms with Crippen LogP contribution >= 0.6 is 11.8 Å². The molecule has 2 N–H and O–H groups in total. The summed E-state index contributed by atoms with van der Waals surface area (Å²) in [6.45, 7) is 0. The van der Waals surface area contributed by atoms with E-state index in [2.05, 4.69) is 15.4 Å². The fourth-order valence-electron chi connectivity index (χ4n) is 0.330. The van der Waals surface area contributed by atoms with E-state index < -0.39 is 5.30 Å². The molecule has 9 heavy (non-hydrogen) atoms. The Kier molecular flexibility index (Phi) is 1.69. The molecule has 0 aliphatic carbocycles. The molecule has 0 unspecified atom stereocenters. The van der Waals surface area contributed by atoms with Crippen molar-refractivity contribution in [2.45, 2.75) is 5.03 Å². The number of aromatic nitrogens is 3. The van der Waals surface area contributed by atoms with Gasteiger partial charge in [-0.1, -0.05) is 5.21 Å². The van der Waals surface area contributed by atoms with Gasteiger partial charge in [-0.15, -0.1) is 5.10 Å². The average molecular weight is 145 g/mol. The summed E-state index contributed by atoms with van der Waals surface area (Å²) in [6, 6.07) is 0. The van der Waals surface area contributed by atoms with Crippen molar-refractivity contribution in [2.75, 3.05) is 0 Å². The maximum Gasteiger partial charge on any atom is 0.371 e. The predicted molar refractivity (Wildman–Crippen MR) is 30.3 cm³/mol. The highest BCUT2D eigenvalue weighted by atomic mass is 32.2. The second-order valence-electron chi connectivity index (χ2n) is 1.18. The second-order valence-corrected chi connectivity index (χ2v) is 2.15. The monoisotopic (exact) mass is 145 g/mol. The van der Waals surface area contributed by atoms with Crippen molar-refractivity contribution < 1.29 is 9.90 Å². The third kappa shape index (κ3) is 1.73. The van der Waals surface area contributed by atoms with Gasteiger partial charge in [-0.05, 0) is 0 Å². The van der Waals surface area contributed by atoms with E-state index in [0.717, 1.165) is 0 Å². The van der Waals surface area contributed by atoms with Gasteiger partial charge in [-0.2, -0.15) is 0 Å². The summed E-state index contributed by atoms with van der Waals surface area (Å²) in [5, 5.41) is 16.7. The Morgan fingerprint density at radius 2 is 2.67 bits per heavy atom. The molecule has 0 fully saturated rings. The lowest BCUT2D eigenvalue weighted by Gasteiger charge is -1.81. The third-order valence-corrected chi connectivity index (χ3v) is 1.17. The Bertz CT molecular complexity index is 197. The minimum Gasteiger partial charge on any atom is -0.473 e. The van der Waals surface area contributed by atoms with E-state index in [1.807, 2.05) is 0 Å². The zero-order valence-electron chi connectivity index (χ0n) is 4.24. The zero-order valence-corrected chi connectivity index (χ0v) is 5.05. The van der Waals surface area contributed by atoms with Crippen LogP contribution in [0.4, 0.5) is 4.79 Å². The number of rotatable bonds is 1. The van der Waals surface area contributed by atoms with Gasteiger partial charge in [0.1, 0.15) is 5.03 Å². The molecule has 6 heteroatoms. The van der Waals surface area contributed by atoms with E-state index in [1.165, 1.54) is 6.20 Å². The largest absolute Gasteiger partial charge is 0.473 e. The predicted octanol–water partition coefficient (Wildman–Crippen LogP) is 0.575. The molecule has 0 radical (unpaired) electrons. The van der Waals surface area contributed by atoms with E-state index >= 15 is 0 Å². The first kappa shape index (κ1) is 6.09. The van der Waals surface area contributed by atoms with Crippen LogP contribution in [0.25, 0.3) is 0 Å². The summed E-state index contributed by atoms with van der Waals surface area (Å²) >= 11 is 0.617. The number of nitrogens with one attached hydrogen (secondary N) is 1. The van der Waals surface area contributed by atoms with Crippen molar-refractivity contribution in [1.29, 1.82) is 0 Å². The Labute approximate surface area is 54.5 Å². The first-order valence-electron chi connectivity index (χ1n) is 2.06. The van der Waals surface area contributed by atoms with Gasteiger partial charge in [0, 0.05) is 11.8 Å². The molecule has 0 aliphatic rings. The molecule has 0 amide bonds. The molecule has 0 spiro atoms. The number of hydrogen-bond acceptors (Lipinski definition) is 4. The smallest absolute Gasteiger partial charge is 0.371 e. The molecule has 0 saturated carbocycles. The lowest BCUT2D eigenvalue weighted by Crippen LogP contribution is -1.82. The van der Waals surface area contributed by atoms with E-state index in [4.69, 9.17) is 5.11 Å². The second kappa shape index (κ2) is 2.49. The van der Waals surface area contributed by atoms with Gasteiger partial charge in [0.05, 0.1) is 6.20 Å². The van der Waals surface area contributed by atoms with Gasteiger partial charge in [-0.25, -0.2) is 4.79 Å². The van der Waals surface area contributed by atoms with Crippen molar-refractivity contribution in [3.63, 3.8) is 0 Å². The van der Waals surface area contributed by atoms with E-state index in [9.17, 15) is 4.79 Å². The van der Waals surface area contributed by atoms with Crippen LogP contribution in [0.2, 0.25) is 0 Å². The number of carboxylic acid groups (broad SMARTS) is 1. The van der Waals surface area contributed by atoms with Crippen LogP contribution in [0.15, 0.2) is 11.2 Å². The van der Waals surface area contributed by atoms with Gasteiger partial charge in [-0.3, -0.25) is 5.10 Å². The lowest BCUT2D eigenvalue weighted by molar-refractivity contribution is 0.222. The van der Waals surface area contributed by atoms with Crippen molar-refractivity contribution in [3.05, 3.63) is 6.20 Å². The highest BCUT2D eigenvalue weighted by molar-refractivity contribution is 8.13. The van der Waals surface area contributed by atoms with Crippen molar-refractivity contribution in [1.82, 2.24) is 15.4 Å². The topological polar surface area (TPSA) is 78.9 Å². The number of nitrogens with zero attached hydrogens (tertiary/aromatic N) is 2. The van der Waals surface area contributed by atoms with Gasteiger partial charge >= 0.3 is 5.30 Å². The standard InChI is InChI=1S/C3H3N3O2S/c7-3(8)9-2-1-4-6-5-2/h1H,(H,7,8)(H,4,5,6). The summed E-state index contributed by atoms with van der Waals surface area (Å²) in [4.78, 5) is 9.95. The van der Waals surface area contributed by atoms with Gasteiger partial charge in [0.25, 0.3) is 0 Å². The Hall–Kier alpha value is -1.04. The Morgan fingerprint density at radius 3 is 3.11 bits per heavy atom. The quantitative estimate of drug-likeness (QED) is 0.565. The molecular weight excluding hydrogens is 142 g/mol. The molecule has 1 heterocycles. The number of thioether (sulfide) groups is 1. The molecule has 0 bridgehead atoms. The van der Waals surface area contributed by atoms with Crippen LogP contribution in [0.3, 0.4) is 0 Å². The summed E-state index contributed by atoms with van der Waals surface area (Å²) < 4.78 is 0. The summed E-state index contributed by atoms with van der Waals surface area (Å²) in [7, 11) is 0. The van der Waals surface area contributed by atoms with Crippen molar-refractivity contribution in [3.8, 4) is 0 Å². The summed E-state index contributed by atoms with van der Waals surface area (Å²) in [6.07, 6.45) is 1.42. The fraction of sp³-hybridized carbons (Fsp3) is 0. The maximum absolute atomic E-state index is 9.95. The van der Waals surface area contributed by atoms with Crippen molar-refractivity contribution >= 4 is 17.1 Å². The highest BCUT2D eigenvalue weighted by Crippen LogP contribution is 2.11. The van der Waals surface area contributed by atoms with Crippen LogP contribution in [0.5, 0.6) is 0 Å². The average Bonchev–Trinajstić information content (AvgIpc) is 2.15. The van der Waals surface area contributed by atoms with Crippen LogP contribution < -0.4 is 0 Å². The van der Waals surface area contributed by atoms with Crippen LogP contribution in [-0.2, 0) is 0 Å². The summed E-state index contributed by atoms with van der Waals surface area (Å²) in [5.74, 6) is 0. The molecule has 0 saturated heterocycles. The highest BCUT2D eigenvalue weighted by Gasteiger charge is 2.01. The molecule has 1 rings (SSSR count). The molecule has 48 valence electrons. The Morgan fingerprint density at radius 1 is 1.89 bits per heavy atom. The number of hydrogen-bond donors (Lipinski definition) is 2. The van der Waals surface area contributed by atoms with Gasteiger partial charge in [0.2, 0.25) is 0 Å². The molecule has 0 aromatic carbocycles. The molecular formula is C3H3N3O2S. The molecule has 0 atom stereocenters. The first-order valence-corrected chi connectivity index (χ1v) is 2.88. The minimum absolute atomic E-state index is 0.363. The Balaban J connectivity index is 2.58. The maximum atomic E-state index is 9.95. The van der Waals surface area contributed by atoms with Crippen LogP contribution in [-0.4, -0.2) is 25.8 Å². The third-order valence-electron chi connectivity index (χ3n) is 0.586. The van der Waals surface area contributed by atoms with E-state index in [1.54, 1.807) is 0 Å². The fourth-order valence-corrected chi connectivity index (χ4v) is 0.703. The normalized spacial score (nSPS) is 9.33.